The molecule has 8 nitrogen and oxygen atoms in total. The fourth-order valence-corrected chi connectivity index (χ4v) is 5.08. The van der Waals surface area contributed by atoms with Crippen LogP contribution in [0.1, 0.15) is 17.2 Å². The third kappa shape index (κ3) is 2.75. The number of ether oxygens (including phenoxy) is 1. The topological polar surface area (TPSA) is 140 Å². The number of rotatable bonds is 4. The Hall–Kier alpha value is -2.77. The Labute approximate surface area is 157 Å². The van der Waals surface area contributed by atoms with E-state index in [2.05, 4.69) is 4.74 Å². The Morgan fingerprint density at radius 2 is 2.19 bits per heavy atom. The van der Waals surface area contributed by atoms with Gasteiger partial charge in [0.15, 0.2) is 0 Å². The number of esters is 1. The van der Waals surface area contributed by atoms with Crippen LogP contribution in [0.5, 0.6) is 0 Å². The molecule has 0 spiro atoms. The summed E-state index contributed by atoms with van der Waals surface area (Å²) in [6, 6.07) is 5.56. The van der Waals surface area contributed by atoms with Gasteiger partial charge in [-0.2, -0.15) is 5.26 Å². The Kier molecular flexibility index (Phi) is 4.76. The lowest BCUT2D eigenvalue weighted by molar-refractivity contribution is -0.142. The van der Waals surface area contributed by atoms with Gasteiger partial charge < -0.3 is 16.2 Å². The fraction of sp³-hybridized carbons (Fsp3) is 0.250. The molecule has 4 N–H and O–H groups in total. The van der Waals surface area contributed by atoms with Crippen molar-refractivity contribution >= 4 is 40.9 Å². The normalized spacial score (nSPS) is 22.3. The number of methoxy groups -OCH3 is 1. The second-order valence-corrected chi connectivity index (χ2v) is 7.67. The average Bonchev–Trinajstić information content (AvgIpc) is 3.23. The molecule has 10 heteroatoms. The summed E-state index contributed by atoms with van der Waals surface area (Å²) in [5.41, 5.74) is 11.9. The SMILES string of the molecule is COC(=O)CC1SC2=C(C(N)=O)C(c3cccs3)C(C#N)=C(N)N2C1=O. The van der Waals surface area contributed by atoms with Gasteiger partial charge in [-0.1, -0.05) is 17.8 Å². The van der Waals surface area contributed by atoms with Crippen molar-refractivity contribution in [1.82, 2.24) is 4.90 Å². The van der Waals surface area contributed by atoms with Crippen LogP contribution in [0.2, 0.25) is 0 Å². The van der Waals surface area contributed by atoms with E-state index in [-0.39, 0.29) is 28.4 Å². The number of primary amides is 1. The number of carbonyl (C=O) groups is 3. The fourth-order valence-electron chi connectivity index (χ4n) is 2.90. The molecule has 26 heavy (non-hydrogen) atoms. The quantitative estimate of drug-likeness (QED) is 0.723. The predicted octanol–water partition coefficient (Wildman–Crippen LogP) is 0.743. The number of carbonyl (C=O) groups excluding carboxylic acids is 3. The van der Waals surface area contributed by atoms with Crippen molar-refractivity contribution < 1.29 is 19.1 Å². The lowest BCUT2D eigenvalue weighted by Gasteiger charge is -2.30. The lowest BCUT2D eigenvalue weighted by atomic mass is 9.87. The van der Waals surface area contributed by atoms with Gasteiger partial charge in [0.05, 0.1) is 41.7 Å². The van der Waals surface area contributed by atoms with E-state index >= 15 is 0 Å². The Balaban J connectivity index is 2.16. The first-order valence-electron chi connectivity index (χ1n) is 7.45. The van der Waals surface area contributed by atoms with E-state index in [4.69, 9.17) is 11.5 Å². The summed E-state index contributed by atoms with van der Waals surface area (Å²) in [5.74, 6) is -2.57. The summed E-state index contributed by atoms with van der Waals surface area (Å²) >= 11 is 2.39. The van der Waals surface area contributed by atoms with Crippen molar-refractivity contribution in [1.29, 1.82) is 5.26 Å². The first kappa shape index (κ1) is 18.0. The van der Waals surface area contributed by atoms with Crippen molar-refractivity contribution in [3.05, 3.63) is 44.4 Å². The monoisotopic (exact) mass is 390 g/mol. The van der Waals surface area contributed by atoms with Crippen LogP contribution < -0.4 is 11.5 Å². The highest BCUT2D eigenvalue weighted by atomic mass is 32.2. The van der Waals surface area contributed by atoms with Crippen LogP contribution in [0.3, 0.4) is 0 Å². The molecule has 2 unspecified atom stereocenters. The average molecular weight is 390 g/mol. The molecule has 2 aliphatic heterocycles. The maximum atomic E-state index is 12.7. The highest BCUT2D eigenvalue weighted by molar-refractivity contribution is 8.04. The van der Waals surface area contributed by atoms with E-state index in [0.717, 1.165) is 21.5 Å². The summed E-state index contributed by atoms with van der Waals surface area (Å²) in [5, 5.41) is 10.9. The van der Waals surface area contributed by atoms with Gasteiger partial charge in [0.2, 0.25) is 11.8 Å². The van der Waals surface area contributed by atoms with Gasteiger partial charge in [0, 0.05) is 4.88 Å². The van der Waals surface area contributed by atoms with Crippen molar-refractivity contribution in [2.75, 3.05) is 7.11 Å². The second-order valence-electron chi connectivity index (χ2n) is 5.50. The van der Waals surface area contributed by atoms with Crippen molar-refractivity contribution in [2.24, 2.45) is 11.5 Å². The van der Waals surface area contributed by atoms with E-state index in [1.807, 2.05) is 11.4 Å². The minimum atomic E-state index is -0.799. The van der Waals surface area contributed by atoms with E-state index in [1.54, 1.807) is 12.1 Å². The summed E-state index contributed by atoms with van der Waals surface area (Å²) in [7, 11) is 1.22. The molecule has 2 amide bonds. The first-order chi connectivity index (χ1) is 12.4. The maximum Gasteiger partial charge on any atom is 0.307 e. The number of thioether (sulfide) groups is 1. The number of thiophene rings is 1. The van der Waals surface area contributed by atoms with Crippen LogP contribution in [0.15, 0.2) is 39.5 Å². The third-order valence-corrected chi connectivity index (χ3v) is 6.29. The second kappa shape index (κ2) is 6.86. The van der Waals surface area contributed by atoms with Gasteiger partial charge in [-0.05, 0) is 11.4 Å². The van der Waals surface area contributed by atoms with Gasteiger partial charge in [-0.3, -0.25) is 19.3 Å². The van der Waals surface area contributed by atoms with Gasteiger partial charge >= 0.3 is 5.97 Å². The molecular weight excluding hydrogens is 376 g/mol. The number of hydrogen-bond donors (Lipinski definition) is 2. The van der Waals surface area contributed by atoms with Crippen LogP contribution in [-0.4, -0.2) is 35.0 Å². The minimum Gasteiger partial charge on any atom is -0.469 e. The summed E-state index contributed by atoms with van der Waals surface area (Å²) < 4.78 is 4.61. The molecule has 3 heterocycles. The smallest absolute Gasteiger partial charge is 0.307 e. The summed E-state index contributed by atoms with van der Waals surface area (Å²) in [6.07, 6.45) is -0.176. The summed E-state index contributed by atoms with van der Waals surface area (Å²) in [6.45, 7) is 0. The largest absolute Gasteiger partial charge is 0.469 e. The van der Waals surface area contributed by atoms with Crippen molar-refractivity contribution in [2.45, 2.75) is 17.6 Å². The van der Waals surface area contributed by atoms with Crippen LogP contribution >= 0.6 is 23.1 Å². The molecule has 1 aromatic heterocycles. The molecule has 1 fully saturated rings. The number of nitriles is 1. The number of fused-ring (bicyclic) bond motifs is 1. The van der Waals surface area contributed by atoms with Crippen molar-refractivity contribution in [3.63, 3.8) is 0 Å². The molecule has 0 saturated carbocycles. The molecule has 1 saturated heterocycles. The number of nitrogens with zero attached hydrogens (tertiary/aromatic N) is 2. The van der Waals surface area contributed by atoms with Crippen LogP contribution in [0.25, 0.3) is 0 Å². The van der Waals surface area contributed by atoms with Crippen LogP contribution in [-0.2, 0) is 19.1 Å². The minimum absolute atomic E-state index is 0.0456. The molecule has 134 valence electrons. The zero-order valence-corrected chi connectivity index (χ0v) is 15.2. The van der Waals surface area contributed by atoms with E-state index in [0.29, 0.717) is 0 Å². The number of amides is 2. The zero-order chi connectivity index (χ0) is 19.0. The number of nitrogens with two attached hydrogens (primary N) is 2. The van der Waals surface area contributed by atoms with E-state index < -0.39 is 29.0 Å². The van der Waals surface area contributed by atoms with Crippen LogP contribution in [0.4, 0.5) is 0 Å². The zero-order valence-electron chi connectivity index (χ0n) is 13.6. The van der Waals surface area contributed by atoms with Crippen LogP contribution in [0, 0.1) is 11.3 Å². The molecule has 2 aliphatic rings. The molecular formula is C16H14N4O4S2. The molecule has 0 aromatic carbocycles. The van der Waals surface area contributed by atoms with Gasteiger partial charge in [0.25, 0.3) is 0 Å². The molecule has 0 aliphatic carbocycles. The van der Waals surface area contributed by atoms with Gasteiger partial charge in [-0.15, -0.1) is 11.3 Å². The van der Waals surface area contributed by atoms with Gasteiger partial charge in [-0.25, -0.2) is 0 Å². The van der Waals surface area contributed by atoms with Gasteiger partial charge in [0.1, 0.15) is 11.1 Å². The Bertz CT molecular complexity index is 898. The molecule has 1 aromatic rings. The first-order valence-corrected chi connectivity index (χ1v) is 9.21. The highest BCUT2D eigenvalue weighted by Crippen LogP contribution is 2.50. The Morgan fingerprint density at radius 1 is 1.46 bits per heavy atom. The lowest BCUT2D eigenvalue weighted by Crippen LogP contribution is -2.39. The maximum absolute atomic E-state index is 12.7. The van der Waals surface area contributed by atoms with E-state index in [9.17, 15) is 19.6 Å². The standard InChI is InChI=1S/C16H14N4O4S2/c1-24-10(21)5-9-15(23)20-13(18)7(6-17)11(8-3-2-4-25-8)12(14(19)22)16(20)26-9/h2-4,9,11H,5,18H2,1H3,(H2,19,22). The van der Waals surface area contributed by atoms with Crippen molar-refractivity contribution in [3.8, 4) is 6.07 Å². The Morgan fingerprint density at radius 3 is 2.73 bits per heavy atom. The highest BCUT2D eigenvalue weighted by Gasteiger charge is 2.48. The molecule has 0 radical (unpaired) electrons. The third-order valence-electron chi connectivity index (χ3n) is 4.07. The molecule has 3 rings (SSSR count). The van der Waals surface area contributed by atoms with E-state index in [1.165, 1.54) is 18.4 Å². The number of hydrogen-bond acceptors (Lipinski definition) is 8. The molecule has 2 atom stereocenters. The number of allylic oxidation sites excluding steroid dienone is 1. The molecule has 0 bridgehead atoms. The predicted molar refractivity (Wildman–Crippen MR) is 95.0 cm³/mol. The summed E-state index contributed by atoms with van der Waals surface area (Å²) in [4.78, 5) is 38.3.